The third-order valence-electron chi connectivity index (χ3n) is 1.09. The molecule has 0 amide bonds. The van der Waals surface area contributed by atoms with Crippen molar-refractivity contribution in [3.63, 3.8) is 0 Å². The zero-order valence-electron chi connectivity index (χ0n) is 5.16. The van der Waals surface area contributed by atoms with E-state index in [2.05, 4.69) is 0 Å². The van der Waals surface area contributed by atoms with Gasteiger partial charge < -0.3 is 9.84 Å². The average molecular weight is 132 g/mol. The molecule has 0 aliphatic heterocycles. The first-order chi connectivity index (χ1) is 4.34. The number of ether oxygens (including phenoxy) is 1. The third-order valence-corrected chi connectivity index (χ3v) is 1.09. The zero-order valence-corrected chi connectivity index (χ0v) is 5.16. The van der Waals surface area contributed by atoms with Crippen molar-refractivity contribution < 1.29 is 9.84 Å². The topological polar surface area (TPSA) is 29.5 Å². The number of para-hydroxylation sites is 2. The number of methoxy groups -OCH3 is 1. The maximum absolute atomic E-state index is 8.99. The van der Waals surface area contributed by atoms with E-state index < -0.39 is 0 Å². The van der Waals surface area contributed by atoms with Gasteiger partial charge in [-0.3, -0.25) is 0 Å². The Morgan fingerprint density at radius 3 is 2.30 bits per heavy atom. The van der Waals surface area contributed by atoms with Crippen LogP contribution in [0.15, 0.2) is 24.3 Å². The third kappa shape index (κ3) is 1.98. The summed E-state index contributed by atoms with van der Waals surface area (Å²) in [6, 6.07) is 6.84. The van der Waals surface area contributed by atoms with Gasteiger partial charge in [-0.25, -0.2) is 0 Å². The van der Waals surface area contributed by atoms with E-state index in [1.165, 1.54) is 7.11 Å². The van der Waals surface area contributed by atoms with Crippen molar-refractivity contribution in [3.05, 3.63) is 24.3 Å². The molecule has 1 aromatic carbocycles. The number of phenols is 1. The fraction of sp³-hybridized carbons (Fsp3) is 0.143. The number of phenolic OH excluding ortho intramolecular Hbond substituents is 1. The van der Waals surface area contributed by atoms with Gasteiger partial charge in [-0.2, -0.15) is 0 Å². The molecule has 0 saturated carbocycles. The maximum atomic E-state index is 8.99. The van der Waals surface area contributed by atoms with Gasteiger partial charge in [0.1, 0.15) is 0 Å². The summed E-state index contributed by atoms with van der Waals surface area (Å²) in [5.74, 6) is 0.692. The first-order valence-corrected chi connectivity index (χ1v) is 2.66. The fourth-order valence-electron chi connectivity index (χ4n) is 0.630. The molecule has 0 aliphatic carbocycles. The molecule has 1 aromatic rings. The Bertz CT molecular complexity index is 201. The molecule has 10 heavy (non-hydrogen) atoms. The second kappa shape index (κ2) is 4.27. The van der Waals surface area contributed by atoms with Crippen molar-refractivity contribution in [1.29, 1.82) is 0 Å². The van der Waals surface area contributed by atoms with Gasteiger partial charge in [0.2, 0.25) is 0 Å². The summed E-state index contributed by atoms with van der Waals surface area (Å²) in [6.07, 6.45) is 0. The first kappa shape index (κ1) is 9.42. The number of hydrogen-bond acceptors (Lipinski definition) is 2. The zero-order chi connectivity index (χ0) is 6.69. The summed E-state index contributed by atoms with van der Waals surface area (Å²) in [5, 5.41) is 8.99. The number of benzene rings is 1. The molecule has 3 heteroatoms. The van der Waals surface area contributed by atoms with Crippen LogP contribution >= 0.6 is 0 Å². The van der Waals surface area contributed by atoms with Crippen LogP contribution in [0.4, 0.5) is 0 Å². The van der Waals surface area contributed by atoms with Crippen LogP contribution in [0.25, 0.3) is 0 Å². The molecule has 0 fully saturated rings. The Kier molecular flexibility index (Phi) is 4.02. The van der Waals surface area contributed by atoms with Crippen LogP contribution in [0.2, 0.25) is 0 Å². The van der Waals surface area contributed by atoms with E-state index in [0.29, 0.717) is 5.75 Å². The molecule has 0 saturated heterocycles. The second-order valence-corrected chi connectivity index (χ2v) is 1.67. The Labute approximate surface area is 72.0 Å². The fourth-order valence-corrected chi connectivity index (χ4v) is 0.630. The van der Waals surface area contributed by atoms with Gasteiger partial charge in [-0.1, -0.05) is 12.1 Å². The number of hydrogen-bond donors (Lipinski definition) is 1. The van der Waals surface area contributed by atoms with Crippen molar-refractivity contribution in [2.24, 2.45) is 0 Å². The predicted molar refractivity (Wildman–Crippen MR) is 41.8 cm³/mol. The van der Waals surface area contributed by atoms with Gasteiger partial charge in [-0.15, -0.1) is 0 Å². The molecule has 0 aromatic heterocycles. The SMILES string of the molecule is COc1ccccc1O.[LiH]. The summed E-state index contributed by atoms with van der Waals surface area (Å²) < 4.78 is 4.79. The predicted octanol–water partition coefficient (Wildman–Crippen LogP) is 0.752. The molecule has 0 radical (unpaired) electrons. The van der Waals surface area contributed by atoms with E-state index in [-0.39, 0.29) is 24.6 Å². The molecule has 0 heterocycles. The molecule has 0 spiro atoms. The number of rotatable bonds is 1. The molecule has 0 unspecified atom stereocenters. The van der Waals surface area contributed by atoms with E-state index in [9.17, 15) is 0 Å². The van der Waals surface area contributed by atoms with Crippen molar-refractivity contribution in [1.82, 2.24) is 0 Å². The second-order valence-electron chi connectivity index (χ2n) is 1.67. The molecule has 2 nitrogen and oxygen atoms in total. The van der Waals surface area contributed by atoms with Gasteiger partial charge in [0.15, 0.2) is 11.5 Å². The molecule has 1 N–H and O–H groups in total. The van der Waals surface area contributed by atoms with E-state index >= 15 is 0 Å². The van der Waals surface area contributed by atoms with Crippen molar-refractivity contribution in [2.75, 3.05) is 7.11 Å². The summed E-state index contributed by atoms with van der Waals surface area (Å²) in [6.45, 7) is 0. The van der Waals surface area contributed by atoms with Gasteiger partial charge in [0.25, 0.3) is 0 Å². The summed E-state index contributed by atoms with van der Waals surface area (Å²) in [7, 11) is 1.52. The molecule has 1 rings (SSSR count). The Balaban J connectivity index is 0.000000810. The molecule has 50 valence electrons. The standard InChI is InChI=1S/C7H8O2.Li.H/c1-9-7-5-3-2-4-6(7)8;;/h2-5,8H,1H3;;. The van der Waals surface area contributed by atoms with E-state index in [4.69, 9.17) is 9.84 Å². The Morgan fingerprint density at radius 1 is 1.30 bits per heavy atom. The van der Waals surface area contributed by atoms with Crippen LogP contribution in [0.5, 0.6) is 11.5 Å². The van der Waals surface area contributed by atoms with Crippen molar-refractivity contribution in [3.8, 4) is 11.5 Å². The summed E-state index contributed by atoms with van der Waals surface area (Å²) >= 11 is 0. The quantitative estimate of drug-likeness (QED) is 0.571. The van der Waals surface area contributed by atoms with E-state index in [1.807, 2.05) is 0 Å². The minimum absolute atomic E-state index is 0. The molecular formula is C7H9LiO2. The van der Waals surface area contributed by atoms with Crippen LogP contribution in [0.3, 0.4) is 0 Å². The minimum atomic E-state index is 0. The van der Waals surface area contributed by atoms with Crippen LogP contribution < -0.4 is 4.74 Å². The Morgan fingerprint density at radius 2 is 1.90 bits per heavy atom. The van der Waals surface area contributed by atoms with Crippen LogP contribution in [0.1, 0.15) is 0 Å². The van der Waals surface area contributed by atoms with Gasteiger partial charge in [0.05, 0.1) is 7.11 Å². The monoisotopic (exact) mass is 132 g/mol. The first-order valence-electron chi connectivity index (χ1n) is 2.66. The summed E-state index contributed by atoms with van der Waals surface area (Å²) in [5.41, 5.74) is 0. The van der Waals surface area contributed by atoms with E-state index in [1.54, 1.807) is 24.3 Å². The van der Waals surface area contributed by atoms with Crippen LogP contribution in [-0.4, -0.2) is 31.1 Å². The average Bonchev–Trinajstić information content (AvgIpc) is 1.89. The molecule has 0 atom stereocenters. The van der Waals surface area contributed by atoms with Crippen molar-refractivity contribution >= 4 is 18.9 Å². The van der Waals surface area contributed by atoms with Gasteiger partial charge in [-0.05, 0) is 12.1 Å². The number of aromatic hydroxyl groups is 1. The Hall–Kier alpha value is -0.583. The van der Waals surface area contributed by atoms with Crippen LogP contribution in [0, 0.1) is 0 Å². The van der Waals surface area contributed by atoms with Crippen molar-refractivity contribution in [2.45, 2.75) is 0 Å². The molecular weight excluding hydrogens is 123 g/mol. The van der Waals surface area contributed by atoms with E-state index in [0.717, 1.165) is 0 Å². The normalized spacial score (nSPS) is 8.10. The van der Waals surface area contributed by atoms with Gasteiger partial charge in [0, 0.05) is 0 Å². The molecule has 0 aliphatic rings. The van der Waals surface area contributed by atoms with Gasteiger partial charge >= 0.3 is 18.9 Å². The molecule has 0 bridgehead atoms. The van der Waals surface area contributed by atoms with Crippen LogP contribution in [-0.2, 0) is 0 Å². The summed E-state index contributed by atoms with van der Waals surface area (Å²) in [4.78, 5) is 0.